The van der Waals surface area contributed by atoms with Gasteiger partial charge in [-0.05, 0) is 62.3 Å². The fourth-order valence-corrected chi connectivity index (χ4v) is 3.52. The molecule has 0 aliphatic carbocycles. The summed E-state index contributed by atoms with van der Waals surface area (Å²) < 4.78 is 0. The summed E-state index contributed by atoms with van der Waals surface area (Å²) in [5.41, 5.74) is -7.83. The van der Waals surface area contributed by atoms with E-state index < -0.39 is 86.2 Å². The van der Waals surface area contributed by atoms with E-state index >= 15 is 0 Å². The van der Waals surface area contributed by atoms with Crippen molar-refractivity contribution in [3.63, 3.8) is 0 Å². The van der Waals surface area contributed by atoms with Crippen LogP contribution in [0.25, 0.3) is 0 Å². The maximum atomic E-state index is 10.9. The Balaban J connectivity index is -0.000000240. The number of carboxylic acids is 3. The van der Waals surface area contributed by atoms with E-state index in [1.807, 2.05) is 0 Å². The predicted octanol–water partition coefficient (Wildman–Crippen LogP) is -4.53. The number of carboxylic acid groups (broad SMARTS) is 3. The van der Waals surface area contributed by atoms with Crippen LogP contribution in [0.2, 0.25) is 0 Å². The summed E-state index contributed by atoms with van der Waals surface area (Å²) >= 11 is 0. The van der Waals surface area contributed by atoms with Gasteiger partial charge in [0.25, 0.3) is 0 Å². The first kappa shape index (κ1) is 43.1. The van der Waals surface area contributed by atoms with E-state index in [9.17, 15) is 72.9 Å². The Kier molecular flexibility index (Phi) is 17.5. The maximum absolute atomic E-state index is 10.9. The smallest absolute Gasteiger partial charge is 0.548 e. The van der Waals surface area contributed by atoms with Crippen LogP contribution in [0.3, 0.4) is 0 Å². The van der Waals surface area contributed by atoms with Gasteiger partial charge in [0.05, 0.1) is 17.9 Å². The zero-order valence-electron chi connectivity index (χ0n) is 23.0. The number of hydrogen-bond acceptors (Lipinski definition) is 15. The van der Waals surface area contributed by atoms with Crippen LogP contribution >= 0.6 is 0 Å². The van der Waals surface area contributed by atoms with Crippen LogP contribution in [0.5, 0.6) is 0 Å². The van der Waals surface area contributed by atoms with E-state index in [0.717, 1.165) is 62.3 Å². The molecule has 221 valence electrons. The molecule has 0 aliphatic heterocycles. The minimum absolute atomic E-state index is 0. The van der Waals surface area contributed by atoms with E-state index in [1.54, 1.807) is 0 Å². The zero-order chi connectivity index (χ0) is 32.4. The second-order valence-corrected chi connectivity index (χ2v) is 8.12. The Morgan fingerprint density at radius 3 is 0.375 bits per heavy atom. The third kappa shape index (κ3) is 8.04. The molecule has 0 N–H and O–H groups in total. The zero-order valence-corrected chi connectivity index (χ0v) is 24.7. The minimum atomic E-state index is -2.61. The number of ketones is 9. The molecule has 0 spiro atoms. The fraction of sp³-hybridized carbons (Fsp3) is 0.500. The number of rotatable bonds is 12. The van der Waals surface area contributed by atoms with E-state index in [1.165, 1.54) is 0 Å². The summed E-state index contributed by atoms with van der Waals surface area (Å²) in [6, 6.07) is 0. The normalized spacial score (nSPS) is 10.4. The first-order valence-corrected chi connectivity index (χ1v) is 10.6. The molecule has 0 aromatic heterocycles. The van der Waals surface area contributed by atoms with Crippen LogP contribution in [0.15, 0.2) is 0 Å². The average Bonchev–Trinajstić information content (AvgIpc) is 2.66. The minimum Gasteiger partial charge on any atom is -0.548 e. The second kappa shape index (κ2) is 16.2. The summed E-state index contributed by atoms with van der Waals surface area (Å²) in [6.45, 7) is 7.86. The van der Waals surface area contributed by atoms with Gasteiger partial charge in [-0.1, -0.05) is 0 Å². The van der Waals surface area contributed by atoms with Gasteiger partial charge in [-0.2, -0.15) is 0 Å². The Bertz CT molecular complexity index is 832. The molecule has 0 atom stereocenters. The molecule has 0 unspecified atom stereocenters. The molecule has 0 rings (SSSR count). The molecular formula is C24H27O15Ru. The molecule has 0 fully saturated rings. The molecule has 0 aromatic carbocycles. The fourth-order valence-electron chi connectivity index (χ4n) is 3.52. The van der Waals surface area contributed by atoms with Crippen molar-refractivity contribution < 1.29 is 92.3 Å². The first-order chi connectivity index (χ1) is 17.3. The van der Waals surface area contributed by atoms with Gasteiger partial charge in [0.1, 0.15) is 0 Å². The monoisotopic (exact) mass is 657 g/mol. The first-order valence-electron chi connectivity index (χ1n) is 10.6. The van der Waals surface area contributed by atoms with Gasteiger partial charge in [-0.3, -0.25) is 43.2 Å². The van der Waals surface area contributed by atoms with Gasteiger partial charge in [0.2, 0.25) is 0 Å². The number of hydrogen-bond donors (Lipinski definition) is 0. The van der Waals surface area contributed by atoms with Crippen molar-refractivity contribution in [2.45, 2.75) is 62.3 Å². The predicted molar refractivity (Wildman–Crippen MR) is 118 cm³/mol. The van der Waals surface area contributed by atoms with Crippen molar-refractivity contribution in [1.82, 2.24) is 0 Å². The molecule has 0 bridgehead atoms. The van der Waals surface area contributed by atoms with Gasteiger partial charge < -0.3 is 29.7 Å². The van der Waals surface area contributed by atoms with Crippen LogP contribution in [0.1, 0.15) is 62.3 Å². The van der Waals surface area contributed by atoms with E-state index in [0.29, 0.717) is 0 Å². The molecule has 16 heteroatoms. The number of aliphatic carboxylic acids is 3. The van der Waals surface area contributed by atoms with Crippen LogP contribution < -0.4 is 15.3 Å². The molecule has 0 saturated carbocycles. The standard InChI is InChI=1S/3C8H10O5.Ru/c3*1-4(9)8(5(2)10,6(3)11)7(12)13;/h3*1-3H3,(H,12,13);/q;;;+3/p-3. The SMILES string of the molecule is CC(=O)C(C(C)=O)(C(C)=O)C(=O)[O-].CC(=O)C(C(C)=O)(C(C)=O)C(=O)[O-].CC(=O)C(C(C)=O)(C(C)=O)C(=O)[O-].[Ru+3]. The van der Waals surface area contributed by atoms with Crippen molar-refractivity contribution in [2.75, 3.05) is 0 Å². The molecule has 1 radical (unpaired) electrons. The van der Waals surface area contributed by atoms with Crippen molar-refractivity contribution in [3.05, 3.63) is 0 Å². The molecule has 0 amide bonds. The Labute approximate surface area is 240 Å². The Morgan fingerprint density at radius 2 is 0.375 bits per heavy atom. The molecular weight excluding hydrogens is 629 g/mol. The van der Waals surface area contributed by atoms with Crippen LogP contribution in [0, 0.1) is 16.2 Å². The summed E-state index contributed by atoms with van der Waals surface area (Å²) in [5, 5.41) is 31.7. The molecule has 0 aliphatic rings. The van der Waals surface area contributed by atoms with Gasteiger partial charge in [-0.25, -0.2) is 0 Å². The summed E-state index contributed by atoms with van der Waals surface area (Å²) in [5.74, 6) is -15.1. The maximum Gasteiger partial charge on any atom is 3.00 e. The molecule has 15 nitrogen and oxygen atoms in total. The third-order valence-corrected chi connectivity index (χ3v) is 5.67. The van der Waals surface area contributed by atoms with Crippen molar-refractivity contribution in [3.8, 4) is 0 Å². The molecule has 40 heavy (non-hydrogen) atoms. The summed E-state index contributed by atoms with van der Waals surface area (Å²) in [6.07, 6.45) is 0. The quantitative estimate of drug-likeness (QED) is 0.141. The Hall–Kier alpha value is -3.94. The summed E-state index contributed by atoms with van der Waals surface area (Å²) in [7, 11) is 0. The summed E-state index contributed by atoms with van der Waals surface area (Å²) in [4.78, 5) is 130. The van der Waals surface area contributed by atoms with Crippen molar-refractivity contribution >= 4 is 70.0 Å². The van der Waals surface area contributed by atoms with E-state index in [-0.39, 0.29) is 19.5 Å². The van der Waals surface area contributed by atoms with Gasteiger partial charge in [0.15, 0.2) is 68.3 Å². The van der Waals surface area contributed by atoms with Crippen LogP contribution in [-0.4, -0.2) is 70.0 Å². The van der Waals surface area contributed by atoms with Crippen LogP contribution in [0.4, 0.5) is 0 Å². The topological polar surface area (TPSA) is 274 Å². The number of carbonyl (C=O) groups excluding carboxylic acids is 12. The average molecular weight is 657 g/mol. The Morgan fingerprint density at radius 1 is 0.300 bits per heavy atom. The van der Waals surface area contributed by atoms with E-state index in [4.69, 9.17) is 0 Å². The van der Waals surface area contributed by atoms with Crippen molar-refractivity contribution in [2.24, 2.45) is 16.2 Å². The van der Waals surface area contributed by atoms with E-state index in [2.05, 4.69) is 0 Å². The largest absolute Gasteiger partial charge is 3.00 e. The van der Waals surface area contributed by atoms with Gasteiger partial charge in [-0.15, -0.1) is 0 Å². The second-order valence-electron chi connectivity index (χ2n) is 8.12. The third-order valence-electron chi connectivity index (χ3n) is 5.67. The van der Waals surface area contributed by atoms with Gasteiger partial charge in [0, 0.05) is 0 Å². The van der Waals surface area contributed by atoms with Crippen LogP contribution in [-0.2, 0) is 77.0 Å². The molecule has 0 heterocycles. The number of Topliss-reactive ketones (excluding diaryl/α,β-unsaturated/α-hetero) is 9. The molecule has 0 saturated heterocycles. The van der Waals surface area contributed by atoms with Crippen molar-refractivity contribution in [1.29, 1.82) is 0 Å². The number of carbonyl (C=O) groups is 12. The van der Waals surface area contributed by atoms with Gasteiger partial charge >= 0.3 is 19.5 Å². The molecule has 0 aromatic rings.